The second kappa shape index (κ2) is 4.67. The van der Waals surface area contributed by atoms with Crippen LogP contribution in [-0.4, -0.2) is 12.9 Å². The van der Waals surface area contributed by atoms with E-state index in [4.69, 9.17) is 4.74 Å². The largest absolute Gasteiger partial charge is 0.359 e. The van der Waals surface area contributed by atoms with Gasteiger partial charge in [0.15, 0.2) is 12.4 Å². The third-order valence-electron chi connectivity index (χ3n) is 1.47. The summed E-state index contributed by atoms with van der Waals surface area (Å²) in [5.41, 5.74) is 0.828. The molecular formula is C10H11O2. The van der Waals surface area contributed by atoms with Crippen molar-refractivity contribution in [3.8, 4) is 0 Å². The number of rotatable bonds is 4. The molecule has 63 valence electrons. The Hall–Kier alpha value is -1.15. The molecule has 0 unspecified atom stereocenters. The molecule has 0 heterocycles. The van der Waals surface area contributed by atoms with Gasteiger partial charge in [-0.2, -0.15) is 0 Å². The zero-order chi connectivity index (χ0) is 8.81. The minimum Gasteiger partial charge on any atom is -0.359 e. The summed E-state index contributed by atoms with van der Waals surface area (Å²) in [6.45, 7) is 2.37. The first kappa shape index (κ1) is 8.94. The van der Waals surface area contributed by atoms with Crippen LogP contribution in [0.2, 0.25) is 0 Å². The van der Waals surface area contributed by atoms with E-state index in [1.807, 2.05) is 37.3 Å². The summed E-state index contributed by atoms with van der Waals surface area (Å²) in [6.07, 6.45) is 1.14. The van der Waals surface area contributed by atoms with Crippen LogP contribution in [0.15, 0.2) is 30.3 Å². The summed E-state index contributed by atoms with van der Waals surface area (Å²) in [5.74, 6) is 0. The van der Waals surface area contributed by atoms with E-state index in [9.17, 15) is 4.79 Å². The molecule has 0 N–H and O–H groups in total. The van der Waals surface area contributed by atoms with Crippen LogP contribution in [-0.2, 0) is 9.53 Å². The molecule has 0 saturated heterocycles. The van der Waals surface area contributed by atoms with Gasteiger partial charge in [0.2, 0.25) is 0 Å². The number of hydrogen-bond acceptors (Lipinski definition) is 2. The molecule has 0 bridgehead atoms. The van der Waals surface area contributed by atoms with Crippen molar-refractivity contribution in [1.29, 1.82) is 0 Å². The smallest absolute Gasteiger partial charge is 0.188 e. The number of carbonyl (C=O) groups excluding carboxylic acids is 1. The zero-order valence-electron chi connectivity index (χ0n) is 6.99. The SMILES string of the molecule is CCO[C](C=O)c1ccccc1. The lowest BCUT2D eigenvalue weighted by atomic mass is 10.1. The van der Waals surface area contributed by atoms with Gasteiger partial charge in [0.1, 0.15) is 0 Å². The molecule has 0 fully saturated rings. The summed E-state index contributed by atoms with van der Waals surface area (Å²) >= 11 is 0. The predicted octanol–water partition coefficient (Wildman–Crippen LogP) is 1.80. The Morgan fingerprint density at radius 1 is 1.42 bits per heavy atom. The van der Waals surface area contributed by atoms with Crippen molar-refractivity contribution in [2.45, 2.75) is 6.92 Å². The quantitative estimate of drug-likeness (QED) is 0.633. The number of benzene rings is 1. The highest BCUT2D eigenvalue weighted by atomic mass is 16.5. The summed E-state index contributed by atoms with van der Waals surface area (Å²) in [7, 11) is 0. The van der Waals surface area contributed by atoms with Gasteiger partial charge in [-0.25, -0.2) is 0 Å². The molecule has 0 aromatic heterocycles. The van der Waals surface area contributed by atoms with E-state index in [1.165, 1.54) is 0 Å². The van der Waals surface area contributed by atoms with Crippen molar-refractivity contribution < 1.29 is 9.53 Å². The fourth-order valence-corrected chi connectivity index (χ4v) is 0.943. The Balaban J connectivity index is 2.73. The molecule has 2 nitrogen and oxygen atoms in total. The van der Waals surface area contributed by atoms with Crippen LogP contribution in [0.3, 0.4) is 0 Å². The van der Waals surface area contributed by atoms with Gasteiger partial charge in [-0.15, -0.1) is 0 Å². The average Bonchev–Trinajstić information content (AvgIpc) is 2.15. The van der Waals surface area contributed by atoms with Crippen LogP contribution in [0, 0.1) is 6.10 Å². The van der Waals surface area contributed by atoms with E-state index in [1.54, 1.807) is 0 Å². The Bertz CT molecular complexity index is 231. The first-order valence-corrected chi connectivity index (χ1v) is 3.88. The highest BCUT2D eigenvalue weighted by Gasteiger charge is 2.09. The minimum absolute atomic E-state index is 0.401. The van der Waals surface area contributed by atoms with Crippen LogP contribution >= 0.6 is 0 Å². The first-order chi connectivity index (χ1) is 5.88. The van der Waals surface area contributed by atoms with Crippen molar-refractivity contribution >= 4 is 6.29 Å². The molecule has 0 aliphatic carbocycles. The summed E-state index contributed by atoms with van der Waals surface area (Å²) in [6, 6.07) is 9.34. The fourth-order valence-electron chi connectivity index (χ4n) is 0.943. The Labute approximate surface area is 72.2 Å². The number of aldehydes is 1. The molecule has 0 saturated carbocycles. The van der Waals surface area contributed by atoms with Gasteiger partial charge in [-0.3, -0.25) is 4.79 Å². The van der Waals surface area contributed by atoms with Gasteiger partial charge in [0.05, 0.1) is 0 Å². The van der Waals surface area contributed by atoms with E-state index in [-0.39, 0.29) is 0 Å². The van der Waals surface area contributed by atoms with Crippen molar-refractivity contribution in [3.05, 3.63) is 42.0 Å². The highest BCUT2D eigenvalue weighted by Crippen LogP contribution is 2.12. The molecule has 0 amide bonds. The average molecular weight is 163 g/mol. The maximum atomic E-state index is 10.5. The Kier molecular flexibility index (Phi) is 3.48. The summed E-state index contributed by atoms with van der Waals surface area (Å²) in [4.78, 5) is 10.5. The van der Waals surface area contributed by atoms with Crippen LogP contribution in [0.4, 0.5) is 0 Å². The normalized spacial score (nSPS) is 10.2. The van der Waals surface area contributed by atoms with Crippen LogP contribution in [0.5, 0.6) is 0 Å². The molecule has 1 rings (SSSR count). The predicted molar refractivity (Wildman–Crippen MR) is 46.5 cm³/mol. The third-order valence-corrected chi connectivity index (χ3v) is 1.47. The zero-order valence-corrected chi connectivity index (χ0v) is 6.99. The molecule has 12 heavy (non-hydrogen) atoms. The summed E-state index contributed by atoms with van der Waals surface area (Å²) < 4.78 is 5.13. The maximum Gasteiger partial charge on any atom is 0.188 e. The summed E-state index contributed by atoms with van der Waals surface area (Å²) in [5, 5.41) is 0. The van der Waals surface area contributed by atoms with Gasteiger partial charge < -0.3 is 4.74 Å². The van der Waals surface area contributed by atoms with E-state index >= 15 is 0 Å². The van der Waals surface area contributed by atoms with Crippen molar-refractivity contribution in [2.24, 2.45) is 0 Å². The third kappa shape index (κ3) is 2.17. The lowest BCUT2D eigenvalue weighted by Crippen LogP contribution is -2.05. The van der Waals surface area contributed by atoms with Gasteiger partial charge in [0, 0.05) is 6.61 Å². The van der Waals surface area contributed by atoms with Crippen LogP contribution in [0.1, 0.15) is 12.5 Å². The fraction of sp³-hybridized carbons (Fsp3) is 0.200. The molecule has 1 radical (unpaired) electrons. The van der Waals surface area contributed by atoms with E-state index in [2.05, 4.69) is 0 Å². The van der Waals surface area contributed by atoms with E-state index < -0.39 is 0 Å². The lowest BCUT2D eigenvalue weighted by molar-refractivity contribution is -0.110. The van der Waals surface area contributed by atoms with Crippen molar-refractivity contribution in [1.82, 2.24) is 0 Å². The highest BCUT2D eigenvalue weighted by molar-refractivity contribution is 5.72. The topological polar surface area (TPSA) is 26.3 Å². The first-order valence-electron chi connectivity index (χ1n) is 3.88. The lowest BCUT2D eigenvalue weighted by Gasteiger charge is -2.07. The molecule has 1 aromatic rings. The van der Waals surface area contributed by atoms with E-state index in [0.29, 0.717) is 12.7 Å². The van der Waals surface area contributed by atoms with Crippen molar-refractivity contribution in [3.63, 3.8) is 0 Å². The molecule has 0 atom stereocenters. The van der Waals surface area contributed by atoms with Crippen LogP contribution in [0.25, 0.3) is 0 Å². The molecular weight excluding hydrogens is 152 g/mol. The minimum atomic E-state index is 0.401. The number of carbonyl (C=O) groups is 1. The maximum absolute atomic E-state index is 10.5. The second-order valence-electron chi connectivity index (χ2n) is 2.28. The molecule has 2 heteroatoms. The molecule has 0 spiro atoms. The van der Waals surface area contributed by atoms with Gasteiger partial charge in [0.25, 0.3) is 0 Å². The van der Waals surface area contributed by atoms with Gasteiger partial charge >= 0.3 is 0 Å². The van der Waals surface area contributed by atoms with E-state index in [0.717, 1.165) is 11.8 Å². The Morgan fingerprint density at radius 2 is 2.08 bits per heavy atom. The van der Waals surface area contributed by atoms with Crippen molar-refractivity contribution in [2.75, 3.05) is 6.61 Å². The molecule has 0 aliphatic heterocycles. The van der Waals surface area contributed by atoms with Gasteiger partial charge in [-0.05, 0) is 12.5 Å². The second-order valence-corrected chi connectivity index (χ2v) is 2.28. The Morgan fingerprint density at radius 3 is 2.58 bits per heavy atom. The molecule has 0 aliphatic rings. The number of hydrogen-bond donors (Lipinski definition) is 0. The monoisotopic (exact) mass is 163 g/mol. The standard InChI is InChI=1S/C10H11O2/c1-2-12-10(8-11)9-6-4-3-5-7-9/h3-8H,2H2,1H3. The van der Waals surface area contributed by atoms with Gasteiger partial charge in [-0.1, -0.05) is 30.3 Å². The van der Waals surface area contributed by atoms with Crippen LogP contribution < -0.4 is 0 Å². The molecule has 1 aromatic carbocycles. The number of ether oxygens (including phenoxy) is 1.